The highest BCUT2D eigenvalue weighted by Gasteiger charge is 2.51. The molecule has 3 heteroatoms. The molecule has 2 saturated carbocycles. The molecule has 1 amide bonds. The first-order chi connectivity index (χ1) is 11.5. The van der Waals surface area contributed by atoms with Crippen LogP contribution in [0.5, 0.6) is 0 Å². The Labute approximate surface area is 144 Å². The van der Waals surface area contributed by atoms with Crippen molar-refractivity contribution >= 4 is 11.7 Å². The summed E-state index contributed by atoms with van der Waals surface area (Å²) in [5.74, 6) is 1.68. The normalized spacial score (nSPS) is 25.9. The van der Waals surface area contributed by atoms with Crippen LogP contribution in [0, 0.1) is 11.3 Å². The van der Waals surface area contributed by atoms with E-state index in [1.807, 2.05) is 4.90 Å². The predicted molar refractivity (Wildman–Crippen MR) is 93.9 cm³/mol. The number of Topliss-reactive ketones (excluding diaryl/α,β-unsaturated/α-hetero) is 1. The summed E-state index contributed by atoms with van der Waals surface area (Å²) in [5, 5.41) is 0. The second-order valence-corrected chi connectivity index (χ2v) is 8.60. The van der Waals surface area contributed by atoms with E-state index in [0.29, 0.717) is 30.1 Å². The van der Waals surface area contributed by atoms with Crippen molar-refractivity contribution in [1.82, 2.24) is 4.90 Å². The highest BCUT2D eigenvalue weighted by Crippen LogP contribution is 2.52. The third-order valence-electron chi connectivity index (χ3n) is 6.41. The van der Waals surface area contributed by atoms with Crippen LogP contribution >= 0.6 is 0 Å². The van der Waals surface area contributed by atoms with Crippen molar-refractivity contribution in [2.24, 2.45) is 11.3 Å². The fraction of sp³-hybridized carbons (Fsp3) is 0.619. The van der Waals surface area contributed by atoms with Crippen molar-refractivity contribution in [3.8, 4) is 0 Å². The molecule has 24 heavy (non-hydrogen) atoms. The van der Waals surface area contributed by atoms with Gasteiger partial charge in [0.25, 0.3) is 0 Å². The van der Waals surface area contributed by atoms with Crippen LogP contribution in [-0.2, 0) is 9.59 Å². The number of amides is 1. The number of carbonyl (C=O) groups excluding carboxylic acids is 2. The van der Waals surface area contributed by atoms with E-state index < -0.39 is 0 Å². The van der Waals surface area contributed by atoms with Crippen LogP contribution in [0.2, 0.25) is 0 Å². The molecule has 1 aromatic carbocycles. The highest BCUT2D eigenvalue weighted by molar-refractivity contribution is 5.96. The van der Waals surface area contributed by atoms with Gasteiger partial charge >= 0.3 is 0 Å². The number of hydrogen-bond donors (Lipinski definition) is 0. The number of nitrogens with zero attached hydrogens (tertiary/aromatic N) is 1. The lowest BCUT2D eigenvalue weighted by molar-refractivity contribution is -0.154. The molecule has 1 unspecified atom stereocenters. The zero-order valence-corrected chi connectivity index (χ0v) is 14.8. The van der Waals surface area contributed by atoms with Crippen LogP contribution < -0.4 is 0 Å². The van der Waals surface area contributed by atoms with Gasteiger partial charge in [-0.15, -0.1) is 0 Å². The molecule has 128 valence electrons. The van der Waals surface area contributed by atoms with Crippen LogP contribution in [0.4, 0.5) is 0 Å². The molecule has 1 aliphatic heterocycles. The lowest BCUT2D eigenvalue weighted by Crippen LogP contribution is -2.59. The second kappa shape index (κ2) is 5.72. The summed E-state index contributed by atoms with van der Waals surface area (Å²) in [5.41, 5.74) is 3.25. The van der Waals surface area contributed by atoms with E-state index in [9.17, 15) is 9.59 Å². The second-order valence-electron chi connectivity index (χ2n) is 8.60. The van der Waals surface area contributed by atoms with E-state index in [1.54, 1.807) is 0 Å². The Morgan fingerprint density at radius 1 is 1.25 bits per heavy atom. The Bertz CT molecular complexity index is 664. The molecular formula is C21H27NO2. The van der Waals surface area contributed by atoms with Crippen LogP contribution in [-0.4, -0.2) is 29.7 Å². The maximum atomic E-state index is 12.3. The zero-order valence-electron chi connectivity index (χ0n) is 14.8. The molecule has 1 spiro atoms. The van der Waals surface area contributed by atoms with Crippen molar-refractivity contribution < 1.29 is 9.59 Å². The number of hydrogen-bond acceptors (Lipinski definition) is 2. The number of ketones is 1. The largest absolute Gasteiger partial charge is 0.341 e. The van der Waals surface area contributed by atoms with Crippen LogP contribution in [0.15, 0.2) is 24.3 Å². The van der Waals surface area contributed by atoms with Gasteiger partial charge in [-0.05, 0) is 42.2 Å². The molecule has 3 nitrogen and oxygen atoms in total. The minimum absolute atomic E-state index is 0.00484. The number of likely N-dealkylation sites (tertiary alicyclic amines) is 1. The molecular weight excluding hydrogens is 298 g/mol. The first-order valence-corrected chi connectivity index (χ1v) is 9.36. The summed E-state index contributed by atoms with van der Waals surface area (Å²) in [7, 11) is 0. The van der Waals surface area contributed by atoms with Gasteiger partial charge < -0.3 is 4.90 Å². The van der Waals surface area contributed by atoms with Crippen molar-refractivity contribution in [3.63, 3.8) is 0 Å². The average molecular weight is 325 g/mol. The van der Waals surface area contributed by atoms with E-state index in [1.165, 1.54) is 30.4 Å². The maximum Gasteiger partial charge on any atom is 0.226 e. The quantitative estimate of drug-likeness (QED) is 0.845. The van der Waals surface area contributed by atoms with Gasteiger partial charge in [-0.25, -0.2) is 0 Å². The van der Waals surface area contributed by atoms with Gasteiger partial charge in [0.1, 0.15) is 5.78 Å². The predicted octanol–water partition coefficient (Wildman–Crippen LogP) is 3.89. The molecule has 0 bridgehead atoms. The fourth-order valence-electron chi connectivity index (χ4n) is 4.79. The molecule has 0 aromatic heterocycles. The molecule has 4 rings (SSSR count). The van der Waals surface area contributed by atoms with Gasteiger partial charge in [-0.3, -0.25) is 9.59 Å². The SMILES string of the molecule is CC(C)c1cccc(C2CCC3(C2)CN(C(=O)C2CC(=O)C2)C3)c1. The molecule has 1 heterocycles. The van der Waals surface area contributed by atoms with Gasteiger partial charge in [0.05, 0.1) is 5.92 Å². The fourth-order valence-corrected chi connectivity index (χ4v) is 4.79. The number of rotatable bonds is 3. The Hall–Kier alpha value is -1.64. The zero-order chi connectivity index (χ0) is 16.9. The Kier molecular flexibility index (Phi) is 3.78. The van der Waals surface area contributed by atoms with Gasteiger partial charge in [0.2, 0.25) is 5.91 Å². The van der Waals surface area contributed by atoms with E-state index in [4.69, 9.17) is 0 Å². The van der Waals surface area contributed by atoms with Gasteiger partial charge in [0, 0.05) is 31.3 Å². The maximum absolute atomic E-state index is 12.3. The topological polar surface area (TPSA) is 37.4 Å². The van der Waals surface area contributed by atoms with Crippen LogP contribution in [0.25, 0.3) is 0 Å². The van der Waals surface area contributed by atoms with Gasteiger partial charge in [-0.2, -0.15) is 0 Å². The van der Waals surface area contributed by atoms with E-state index in [-0.39, 0.29) is 17.6 Å². The van der Waals surface area contributed by atoms with E-state index in [2.05, 4.69) is 38.1 Å². The highest BCUT2D eigenvalue weighted by atomic mass is 16.2. The summed E-state index contributed by atoms with van der Waals surface area (Å²) in [6.07, 6.45) is 4.64. The molecule has 0 radical (unpaired) electrons. The van der Waals surface area contributed by atoms with E-state index in [0.717, 1.165) is 13.1 Å². The van der Waals surface area contributed by atoms with Gasteiger partial charge in [-0.1, -0.05) is 38.1 Å². The standard InChI is InChI=1S/C21H27NO2/c1-14(2)15-4-3-5-16(8-15)17-6-7-21(11-17)12-22(13-21)20(24)18-9-19(23)10-18/h3-5,8,14,17-18H,6-7,9-13H2,1-2H3. The number of carbonyl (C=O) groups is 2. The lowest BCUT2D eigenvalue weighted by Gasteiger charge is -2.50. The first kappa shape index (κ1) is 15.9. The minimum atomic E-state index is -0.00484. The minimum Gasteiger partial charge on any atom is -0.341 e. The van der Waals surface area contributed by atoms with Gasteiger partial charge in [0.15, 0.2) is 0 Å². The molecule has 1 saturated heterocycles. The Morgan fingerprint density at radius 3 is 2.67 bits per heavy atom. The third-order valence-corrected chi connectivity index (χ3v) is 6.41. The lowest BCUT2D eigenvalue weighted by atomic mass is 9.74. The number of benzene rings is 1. The Balaban J connectivity index is 1.37. The summed E-state index contributed by atoms with van der Waals surface area (Å²) in [4.78, 5) is 25.4. The molecule has 0 N–H and O–H groups in total. The van der Waals surface area contributed by atoms with Crippen LogP contribution in [0.3, 0.4) is 0 Å². The summed E-state index contributed by atoms with van der Waals surface area (Å²) < 4.78 is 0. The monoisotopic (exact) mass is 325 g/mol. The molecule has 2 aliphatic carbocycles. The van der Waals surface area contributed by atoms with Crippen molar-refractivity contribution in [1.29, 1.82) is 0 Å². The summed E-state index contributed by atoms with van der Waals surface area (Å²) >= 11 is 0. The summed E-state index contributed by atoms with van der Waals surface area (Å²) in [6, 6.07) is 9.08. The summed E-state index contributed by atoms with van der Waals surface area (Å²) in [6.45, 7) is 6.32. The average Bonchev–Trinajstić information content (AvgIpc) is 2.95. The van der Waals surface area contributed by atoms with Crippen LogP contribution in [0.1, 0.15) is 68.9 Å². The first-order valence-electron chi connectivity index (χ1n) is 9.36. The molecule has 3 fully saturated rings. The molecule has 3 aliphatic rings. The third kappa shape index (κ3) is 2.68. The van der Waals surface area contributed by atoms with Crippen molar-refractivity contribution in [2.75, 3.05) is 13.1 Å². The molecule has 1 atom stereocenters. The smallest absolute Gasteiger partial charge is 0.226 e. The van der Waals surface area contributed by atoms with Crippen molar-refractivity contribution in [3.05, 3.63) is 35.4 Å². The molecule has 1 aromatic rings. The van der Waals surface area contributed by atoms with E-state index >= 15 is 0 Å². The van der Waals surface area contributed by atoms with Crippen molar-refractivity contribution in [2.45, 2.75) is 57.8 Å². The Morgan fingerprint density at radius 2 is 2.00 bits per heavy atom.